The van der Waals surface area contributed by atoms with Gasteiger partial charge in [0.05, 0.1) is 11.0 Å². The van der Waals surface area contributed by atoms with Crippen molar-refractivity contribution in [3.05, 3.63) is 53.9 Å². The van der Waals surface area contributed by atoms with E-state index in [1.165, 1.54) is 0 Å². The number of imidazole rings is 1. The van der Waals surface area contributed by atoms with Gasteiger partial charge >= 0.3 is 0 Å². The number of carbonyl (C=O) groups excluding carboxylic acids is 1. The van der Waals surface area contributed by atoms with Crippen molar-refractivity contribution in [2.24, 2.45) is 0 Å². The van der Waals surface area contributed by atoms with Crippen LogP contribution in [0.4, 0.5) is 11.4 Å². The van der Waals surface area contributed by atoms with Gasteiger partial charge in [-0.2, -0.15) is 0 Å². The van der Waals surface area contributed by atoms with Crippen molar-refractivity contribution in [1.29, 1.82) is 0 Å². The van der Waals surface area contributed by atoms with E-state index in [0.29, 0.717) is 6.54 Å². The van der Waals surface area contributed by atoms with Crippen LogP contribution in [0.3, 0.4) is 0 Å². The third-order valence-electron chi connectivity index (χ3n) is 4.93. The minimum Gasteiger partial charge on any atom is -0.398 e. The number of rotatable bonds is 3. The van der Waals surface area contributed by atoms with Crippen LogP contribution >= 0.6 is 12.4 Å². The lowest BCUT2D eigenvalue weighted by atomic mass is 10.00. The second kappa shape index (κ2) is 7.38. The molecule has 0 aliphatic carbocycles. The second-order valence-electron chi connectivity index (χ2n) is 6.45. The molecule has 0 unspecified atom stereocenters. The number of aryl methyl sites for hydroxylation is 1. The number of hydrogen-bond acceptors (Lipinski definition) is 3. The zero-order chi connectivity index (χ0) is 17.4. The molecule has 136 valence electrons. The molecular weight excluding hydrogens is 348 g/mol. The summed E-state index contributed by atoms with van der Waals surface area (Å²) in [6.45, 7) is 3.11. The van der Waals surface area contributed by atoms with Crippen LogP contribution in [-0.4, -0.2) is 22.0 Å². The first-order valence-corrected chi connectivity index (χ1v) is 8.81. The SMILES string of the molecule is CCc1nc2ccccc2n1CC(=O)N1CCCc2c(N)cccc21.Cl. The molecule has 0 radical (unpaired) electrons. The summed E-state index contributed by atoms with van der Waals surface area (Å²) in [5.74, 6) is 1.03. The molecule has 0 bridgehead atoms. The minimum atomic E-state index is 0. The third-order valence-corrected chi connectivity index (χ3v) is 4.93. The van der Waals surface area contributed by atoms with Gasteiger partial charge in [-0.3, -0.25) is 4.79 Å². The van der Waals surface area contributed by atoms with Gasteiger partial charge in [-0.1, -0.05) is 25.1 Å². The van der Waals surface area contributed by atoms with Crippen LogP contribution in [0.5, 0.6) is 0 Å². The highest BCUT2D eigenvalue weighted by Gasteiger charge is 2.24. The number of aromatic nitrogens is 2. The van der Waals surface area contributed by atoms with Crippen LogP contribution in [0.25, 0.3) is 11.0 Å². The number of nitrogens with zero attached hydrogens (tertiary/aromatic N) is 3. The molecule has 4 rings (SSSR count). The number of fused-ring (bicyclic) bond motifs is 2. The lowest BCUT2D eigenvalue weighted by molar-refractivity contribution is -0.119. The molecule has 1 aliphatic heterocycles. The summed E-state index contributed by atoms with van der Waals surface area (Å²) in [5.41, 5.74) is 10.9. The van der Waals surface area contributed by atoms with E-state index in [9.17, 15) is 4.79 Å². The molecule has 2 aromatic carbocycles. The fourth-order valence-electron chi connectivity index (χ4n) is 3.70. The summed E-state index contributed by atoms with van der Waals surface area (Å²) in [4.78, 5) is 19.6. The lowest BCUT2D eigenvalue weighted by Gasteiger charge is -2.30. The average molecular weight is 371 g/mol. The molecule has 0 spiro atoms. The van der Waals surface area contributed by atoms with E-state index in [1.807, 2.05) is 51.9 Å². The van der Waals surface area contributed by atoms with Gasteiger partial charge in [0.15, 0.2) is 0 Å². The van der Waals surface area contributed by atoms with E-state index in [1.54, 1.807) is 0 Å². The molecule has 26 heavy (non-hydrogen) atoms. The number of nitrogen functional groups attached to an aromatic ring is 1. The van der Waals surface area contributed by atoms with Gasteiger partial charge in [0.25, 0.3) is 0 Å². The molecule has 1 amide bonds. The number of carbonyl (C=O) groups is 1. The Balaban J connectivity index is 0.00000196. The van der Waals surface area contributed by atoms with E-state index >= 15 is 0 Å². The predicted octanol–water partition coefficient (Wildman–Crippen LogP) is 3.58. The Labute approximate surface area is 159 Å². The highest BCUT2D eigenvalue weighted by Crippen LogP contribution is 2.31. The van der Waals surface area contributed by atoms with Crippen molar-refractivity contribution >= 4 is 40.7 Å². The second-order valence-corrected chi connectivity index (χ2v) is 6.45. The van der Waals surface area contributed by atoms with Crippen molar-refractivity contribution in [3.8, 4) is 0 Å². The van der Waals surface area contributed by atoms with E-state index in [4.69, 9.17) is 5.73 Å². The maximum Gasteiger partial charge on any atom is 0.246 e. The molecule has 0 fully saturated rings. The van der Waals surface area contributed by atoms with Crippen LogP contribution < -0.4 is 10.6 Å². The van der Waals surface area contributed by atoms with Gasteiger partial charge in [0.1, 0.15) is 12.4 Å². The first-order chi connectivity index (χ1) is 12.2. The first kappa shape index (κ1) is 18.3. The zero-order valence-electron chi connectivity index (χ0n) is 14.8. The minimum absolute atomic E-state index is 0. The van der Waals surface area contributed by atoms with E-state index in [-0.39, 0.29) is 18.3 Å². The van der Waals surface area contributed by atoms with Gasteiger partial charge < -0.3 is 15.2 Å². The summed E-state index contributed by atoms with van der Waals surface area (Å²) in [6, 6.07) is 13.8. The maximum absolute atomic E-state index is 13.1. The number of halogens is 1. The van der Waals surface area contributed by atoms with Crippen molar-refractivity contribution in [1.82, 2.24) is 9.55 Å². The van der Waals surface area contributed by atoms with Crippen molar-refractivity contribution in [2.75, 3.05) is 17.2 Å². The number of nitrogens with two attached hydrogens (primary N) is 1. The molecule has 6 heteroatoms. The number of anilines is 2. The average Bonchev–Trinajstić information content (AvgIpc) is 2.99. The topological polar surface area (TPSA) is 64.2 Å². The van der Waals surface area contributed by atoms with Crippen LogP contribution in [0.15, 0.2) is 42.5 Å². The predicted molar refractivity (Wildman–Crippen MR) is 108 cm³/mol. The Morgan fingerprint density at radius 3 is 2.81 bits per heavy atom. The summed E-state index contributed by atoms with van der Waals surface area (Å²) >= 11 is 0. The van der Waals surface area contributed by atoms with Gasteiger partial charge in [0, 0.05) is 24.3 Å². The number of para-hydroxylation sites is 2. The molecular formula is C20H23ClN4O. The standard InChI is InChI=1S/C20H22N4O.ClH/c1-2-19-22-16-9-3-4-10-18(16)24(19)13-20(25)23-12-6-7-14-15(21)8-5-11-17(14)23;/h3-5,8-11H,2,6-7,12-13,21H2,1H3;1H. The van der Waals surface area contributed by atoms with Gasteiger partial charge in [0.2, 0.25) is 5.91 Å². The molecule has 2 heterocycles. The summed E-state index contributed by atoms with van der Waals surface area (Å²) in [7, 11) is 0. The maximum atomic E-state index is 13.1. The molecule has 1 aliphatic rings. The summed E-state index contributed by atoms with van der Waals surface area (Å²) < 4.78 is 2.04. The van der Waals surface area contributed by atoms with Gasteiger partial charge in [-0.15, -0.1) is 12.4 Å². The molecule has 1 aromatic heterocycles. The van der Waals surface area contributed by atoms with Crippen LogP contribution in [0, 0.1) is 0 Å². The fourth-order valence-corrected chi connectivity index (χ4v) is 3.70. The fraction of sp³-hybridized carbons (Fsp3) is 0.300. The number of benzene rings is 2. The van der Waals surface area contributed by atoms with Crippen molar-refractivity contribution in [3.63, 3.8) is 0 Å². The number of amides is 1. The van der Waals surface area contributed by atoms with E-state index in [2.05, 4.69) is 11.9 Å². The van der Waals surface area contributed by atoms with Crippen molar-refractivity contribution < 1.29 is 4.79 Å². The monoisotopic (exact) mass is 370 g/mol. The molecule has 3 aromatic rings. The molecule has 2 N–H and O–H groups in total. The van der Waals surface area contributed by atoms with Crippen molar-refractivity contribution in [2.45, 2.75) is 32.7 Å². The Hall–Kier alpha value is -2.53. The van der Waals surface area contributed by atoms with Crippen LogP contribution in [0.1, 0.15) is 24.7 Å². The Morgan fingerprint density at radius 1 is 1.19 bits per heavy atom. The molecule has 0 saturated heterocycles. The summed E-state index contributed by atoms with van der Waals surface area (Å²) in [6.07, 6.45) is 2.67. The Morgan fingerprint density at radius 2 is 2.00 bits per heavy atom. The van der Waals surface area contributed by atoms with Gasteiger partial charge in [-0.25, -0.2) is 4.98 Å². The normalized spacial score (nSPS) is 13.3. The van der Waals surface area contributed by atoms with Crippen LogP contribution in [0.2, 0.25) is 0 Å². The molecule has 5 nitrogen and oxygen atoms in total. The Bertz CT molecular complexity index is 950. The smallest absolute Gasteiger partial charge is 0.246 e. The van der Waals surface area contributed by atoms with Gasteiger partial charge in [-0.05, 0) is 42.7 Å². The quantitative estimate of drug-likeness (QED) is 0.716. The first-order valence-electron chi connectivity index (χ1n) is 8.81. The van der Waals surface area contributed by atoms with E-state index in [0.717, 1.165) is 59.6 Å². The van der Waals surface area contributed by atoms with E-state index < -0.39 is 0 Å². The summed E-state index contributed by atoms with van der Waals surface area (Å²) in [5, 5.41) is 0. The highest BCUT2D eigenvalue weighted by molar-refractivity contribution is 5.96. The van der Waals surface area contributed by atoms with Crippen LogP contribution in [-0.2, 0) is 24.2 Å². The lowest BCUT2D eigenvalue weighted by Crippen LogP contribution is -2.38. The Kier molecular flexibility index (Phi) is 5.18. The molecule has 0 atom stereocenters. The molecule has 0 saturated carbocycles. The third kappa shape index (κ3) is 3.03. The number of hydrogen-bond donors (Lipinski definition) is 1. The largest absolute Gasteiger partial charge is 0.398 e. The zero-order valence-corrected chi connectivity index (χ0v) is 15.6. The highest BCUT2D eigenvalue weighted by atomic mass is 35.5.